The van der Waals surface area contributed by atoms with Crippen molar-refractivity contribution in [2.75, 3.05) is 6.54 Å². The van der Waals surface area contributed by atoms with Gasteiger partial charge in [-0.2, -0.15) is 15.4 Å². The highest BCUT2D eigenvalue weighted by molar-refractivity contribution is 5.91. The van der Waals surface area contributed by atoms with Gasteiger partial charge in [-0.3, -0.25) is 4.79 Å². The summed E-state index contributed by atoms with van der Waals surface area (Å²) >= 11 is 0. The number of nitrogens with zero attached hydrogens (tertiary/aromatic N) is 2. The molecule has 0 aliphatic heterocycles. The van der Waals surface area contributed by atoms with E-state index in [1.165, 1.54) is 19.0 Å². The maximum absolute atomic E-state index is 11.4. The number of aromatic amines is 1. The van der Waals surface area contributed by atoms with Crippen molar-refractivity contribution < 1.29 is 4.79 Å². The topological polar surface area (TPSA) is 70.7 Å². The Morgan fingerprint density at radius 1 is 1.79 bits per heavy atom. The number of nitrogens with one attached hydrogen (secondary N) is 2. The first kappa shape index (κ1) is 9.18. The van der Waals surface area contributed by atoms with Gasteiger partial charge in [-0.25, -0.2) is 0 Å². The highest BCUT2D eigenvalue weighted by atomic mass is 16.1. The van der Waals surface area contributed by atoms with Crippen LogP contribution in [0.1, 0.15) is 30.3 Å². The lowest BCUT2D eigenvalue weighted by atomic mass is 10.1. The second kappa shape index (κ2) is 3.77. The van der Waals surface area contributed by atoms with Crippen molar-refractivity contribution in [3.63, 3.8) is 0 Å². The van der Waals surface area contributed by atoms with E-state index < -0.39 is 0 Å². The third kappa shape index (κ3) is 2.10. The van der Waals surface area contributed by atoms with Crippen molar-refractivity contribution in [3.05, 3.63) is 11.9 Å². The molecule has 5 heteroatoms. The molecule has 0 radical (unpaired) electrons. The molecular weight excluding hydrogens is 180 g/mol. The van der Waals surface area contributed by atoms with Crippen LogP contribution < -0.4 is 5.32 Å². The van der Waals surface area contributed by atoms with Crippen LogP contribution in [-0.4, -0.2) is 27.9 Å². The fourth-order valence-corrected chi connectivity index (χ4v) is 1.49. The summed E-state index contributed by atoms with van der Waals surface area (Å²) < 4.78 is 0. The van der Waals surface area contributed by atoms with Gasteiger partial charge in [-0.05, 0) is 24.7 Å². The lowest BCUT2D eigenvalue weighted by Crippen LogP contribution is -2.29. The van der Waals surface area contributed by atoms with E-state index in [4.69, 9.17) is 0 Å². The normalized spacial score (nSPS) is 17.8. The monoisotopic (exact) mass is 194 g/mol. The summed E-state index contributed by atoms with van der Waals surface area (Å²) in [7, 11) is 0. The van der Waals surface area contributed by atoms with Crippen molar-refractivity contribution >= 4 is 5.91 Å². The van der Waals surface area contributed by atoms with Crippen LogP contribution in [0.2, 0.25) is 0 Å². The molecule has 1 aliphatic rings. The third-order valence-corrected chi connectivity index (χ3v) is 2.66. The number of rotatable bonds is 4. The number of carbonyl (C=O) groups is 1. The second-order valence-corrected chi connectivity index (χ2v) is 3.88. The SMILES string of the molecule is CC(CNC(=O)c1cn[nH]n1)C1CC1. The molecule has 76 valence electrons. The van der Waals surface area contributed by atoms with Gasteiger partial charge in [0.15, 0.2) is 5.69 Å². The maximum Gasteiger partial charge on any atom is 0.273 e. The van der Waals surface area contributed by atoms with Crippen LogP contribution in [0.25, 0.3) is 0 Å². The molecule has 5 nitrogen and oxygen atoms in total. The number of H-pyrrole nitrogens is 1. The smallest absolute Gasteiger partial charge is 0.273 e. The first-order chi connectivity index (χ1) is 6.77. The molecule has 1 amide bonds. The molecule has 2 N–H and O–H groups in total. The van der Waals surface area contributed by atoms with E-state index in [2.05, 4.69) is 27.7 Å². The summed E-state index contributed by atoms with van der Waals surface area (Å²) in [6, 6.07) is 0. The molecule has 1 heterocycles. The summed E-state index contributed by atoms with van der Waals surface area (Å²) in [4.78, 5) is 11.4. The Hall–Kier alpha value is -1.39. The van der Waals surface area contributed by atoms with Crippen molar-refractivity contribution in [2.45, 2.75) is 19.8 Å². The average molecular weight is 194 g/mol. The zero-order chi connectivity index (χ0) is 9.97. The van der Waals surface area contributed by atoms with Gasteiger partial charge >= 0.3 is 0 Å². The van der Waals surface area contributed by atoms with Gasteiger partial charge in [0.1, 0.15) is 0 Å². The number of aromatic nitrogens is 3. The minimum Gasteiger partial charge on any atom is -0.350 e. The van der Waals surface area contributed by atoms with Crippen LogP contribution in [0.3, 0.4) is 0 Å². The Bertz CT molecular complexity index is 305. The minimum absolute atomic E-state index is 0.147. The fourth-order valence-electron chi connectivity index (χ4n) is 1.49. The highest BCUT2D eigenvalue weighted by Crippen LogP contribution is 2.36. The van der Waals surface area contributed by atoms with Crippen LogP contribution in [0, 0.1) is 11.8 Å². The second-order valence-electron chi connectivity index (χ2n) is 3.88. The molecule has 1 unspecified atom stereocenters. The van der Waals surface area contributed by atoms with E-state index in [0.717, 1.165) is 12.5 Å². The van der Waals surface area contributed by atoms with E-state index in [1.54, 1.807) is 0 Å². The first-order valence-electron chi connectivity index (χ1n) is 4.91. The predicted molar refractivity (Wildman–Crippen MR) is 50.6 cm³/mol. The van der Waals surface area contributed by atoms with Crippen molar-refractivity contribution in [1.82, 2.24) is 20.7 Å². The summed E-state index contributed by atoms with van der Waals surface area (Å²) in [5.41, 5.74) is 0.355. The average Bonchev–Trinajstić information content (AvgIpc) is 2.90. The van der Waals surface area contributed by atoms with Gasteiger partial charge in [0, 0.05) is 6.54 Å². The van der Waals surface area contributed by atoms with Gasteiger partial charge < -0.3 is 5.32 Å². The molecule has 0 bridgehead atoms. The maximum atomic E-state index is 11.4. The fraction of sp³-hybridized carbons (Fsp3) is 0.667. The van der Waals surface area contributed by atoms with Gasteiger partial charge in [-0.1, -0.05) is 6.92 Å². The molecule has 1 aliphatic carbocycles. The molecule has 0 saturated heterocycles. The Morgan fingerprint density at radius 2 is 2.57 bits per heavy atom. The lowest BCUT2D eigenvalue weighted by molar-refractivity contribution is 0.0941. The highest BCUT2D eigenvalue weighted by Gasteiger charge is 2.27. The zero-order valence-corrected chi connectivity index (χ0v) is 8.16. The summed E-state index contributed by atoms with van der Waals surface area (Å²) in [5, 5.41) is 12.5. The molecule has 0 spiro atoms. The quantitative estimate of drug-likeness (QED) is 0.736. The van der Waals surface area contributed by atoms with E-state index in [-0.39, 0.29) is 5.91 Å². The Labute approximate surface area is 82.3 Å². The predicted octanol–water partition coefficient (Wildman–Crippen LogP) is 0.581. The molecule has 1 saturated carbocycles. The summed E-state index contributed by atoms with van der Waals surface area (Å²) in [5.74, 6) is 1.24. The number of hydrogen-bond donors (Lipinski definition) is 2. The molecule has 1 fully saturated rings. The minimum atomic E-state index is -0.147. The first-order valence-corrected chi connectivity index (χ1v) is 4.91. The van der Waals surface area contributed by atoms with Gasteiger partial charge in [0.05, 0.1) is 6.20 Å². The molecular formula is C9H14N4O. The largest absolute Gasteiger partial charge is 0.350 e. The molecule has 0 aromatic carbocycles. The van der Waals surface area contributed by atoms with Crippen LogP contribution in [0.15, 0.2) is 6.20 Å². The third-order valence-electron chi connectivity index (χ3n) is 2.66. The Morgan fingerprint density at radius 3 is 3.14 bits per heavy atom. The number of hydrogen-bond acceptors (Lipinski definition) is 3. The van der Waals surface area contributed by atoms with Crippen molar-refractivity contribution in [1.29, 1.82) is 0 Å². The van der Waals surface area contributed by atoms with Crippen LogP contribution in [0.5, 0.6) is 0 Å². The summed E-state index contributed by atoms with van der Waals surface area (Å²) in [6.45, 7) is 2.90. The lowest BCUT2D eigenvalue weighted by Gasteiger charge is -2.09. The van der Waals surface area contributed by atoms with E-state index >= 15 is 0 Å². The van der Waals surface area contributed by atoms with Crippen LogP contribution >= 0.6 is 0 Å². The van der Waals surface area contributed by atoms with Gasteiger partial charge in [0.25, 0.3) is 5.91 Å². The van der Waals surface area contributed by atoms with E-state index in [1.807, 2.05) is 0 Å². The van der Waals surface area contributed by atoms with E-state index in [0.29, 0.717) is 11.6 Å². The van der Waals surface area contributed by atoms with Crippen molar-refractivity contribution in [3.8, 4) is 0 Å². The Balaban J connectivity index is 1.77. The molecule has 1 aromatic heterocycles. The summed E-state index contributed by atoms with van der Waals surface area (Å²) in [6.07, 6.45) is 4.04. The number of amides is 1. The molecule has 1 atom stereocenters. The standard InChI is InChI=1S/C9H14N4O/c1-6(7-2-3-7)4-10-9(14)8-5-11-13-12-8/h5-7H,2-4H2,1H3,(H,10,14)(H,11,12,13). The molecule has 2 rings (SSSR count). The zero-order valence-electron chi connectivity index (χ0n) is 8.16. The molecule has 1 aromatic rings. The van der Waals surface area contributed by atoms with E-state index in [9.17, 15) is 4.79 Å². The number of carbonyl (C=O) groups excluding carboxylic acids is 1. The molecule has 14 heavy (non-hydrogen) atoms. The van der Waals surface area contributed by atoms with Crippen LogP contribution in [0.4, 0.5) is 0 Å². The Kier molecular flexibility index (Phi) is 2.47. The van der Waals surface area contributed by atoms with Gasteiger partial charge in [-0.15, -0.1) is 0 Å². The van der Waals surface area contributed by atoms with Crippen LogP contribution in [-0.2, 0) is 0 Å². The van der Waals surface area contributed by atoms with Crippen molar-refractivity contribution in [2.24, 2.45) is 11.8 Å². The van der Waals surface area contributed by atoms with Gasteiger partial charge in [0.2, 0.25) is 0 Å².